The monoisotopic (exact) mass is 383 g/mol. The first-order valence-corrected chi connectivity index (χ1v) is 9.99. The van der Waals surface area contributed by atoms with Crippen LogP contribution in [0.1, 0.15) is 5.82 Å². The number of benzene rings is 2. The molecule has 1 aromatic heterocycles. The van der Waals surface area contributed by atoms with Gasteiger partial charge in [-0.25, -0.2) is 14.3 Å². The zero-order valence-corrected chi connectivity index (χ0v) is 15.7. The van der Waals surface area contributed by atoms with E-state index in [1.165, 1.54) is 11.2 Å². The van der Waals surface area contributed by atoms with Gasteiger partial charge in [0.15, 0.2) is 11.0 Å². The van der Waals surface area contributed by atoms with E-state index < -0.39 is 0 Å². The second-order valence-corrected chi connectivity index (χ2v) is 7.79. The van der Waals surface area contributed by atoms with Crippen LogP contribution in [0, 0.1) is 0 Å². The fourth-order valence-corrected chi connectivity index (χ4v) is 4.99. The van der Waals surface area contributed by atoms with Crippen molar-refractivity contribution in [2.45, 2.75) is 6.54 Å². The van der Waals surface area contributed by atoms with E-state index in [-0.39, 0.29) is 6.03 Å². The summed E-state index contributed by atoms with van der Waals surface area (Å²) in [5, 5.41) is 3.53. The summed E-state index contributed by atoms with van der Waals surface area (Å²) in [7, 11) is 0. The first-order chi connectivity index (χ1) is 14.3. The summed E-state index contributed by atoms with van der Waals surface area (Å²) in [6.45, 7) is 2.94. The summed E-state index contributed by atoms with van der Waals surface area (Å²) in [5.74, 6) is 1.98. The van der Waals surface area contributed by atoms with Gasteiger partial charge in [-0.1, -0.05) is 24.3 Å². The molecule has 0 bridgehead atoms. The molecule has 4 aliphatic rings. The minimum Gasteiger partial charge on any atom is -0.338 e. The number of imidazole rings is 1. The number of allylic oxidation sites excluding steroid dienone is 1. The van der Waals surface area contributed by atoms with Gasteiger partial charge in [-0.2, -0.15) is 0 Å². The smallest absolute Gasteiger partial charge is 0.329 e. The molecule has 0 radical (unpaired) electrons. The van der Waals surface area contributed by atoms with Crippen LogP contribution in [0.4, 0.5) is 16.2 Å². The lowest BCUT2D eigenvalue weighted by atomic mass is 10.1. The van der Waals surface area contributed by atoms with Gasteiger partial charge in [-0.05, 0) is 30.3 Å². The minimum atomic E-state index is 0.0623. The van der Waals surface area contributed by atoms with E-state index in [4.69, 9.17) is 0 Å². The first kappa shape index (κ1) is 15.2. The highest BCUT2D eigenvalue weighted by Gasteiger charge is 2.44. The largest absolute Gasteiger partial charge is 0.338 e. The maximum absolute atomic E-state index is 13.4. The number of aromatic nitrogens is 2. The van der Waals surface area contributed by atoms with Crippen molar-refractivity contribution in [2.24, 2.45) is 0 Å². The third-order valence-electron chi connectivity index (χ3n) is 6.33. The predicted molar refractivity (Wildman–Crippen MR) is 110 cm³/mol. The molecule has 0 saturated heterocycles. The molecule has 0 atom stereocenters. The highest BCUT2D eigenvalue weighted by Crippen LogP contribution is 2.42. The predicted octanol–water partition coefficient (Wildman–Crippen LogP) is 2.66. The zero-order valence-electron chi connectivity index (χ0n) is 15.7. The van der Waals surface area contributed by atoms with E-state index in [2.05, 4.69) is 62.2 Å². The van der Waals surface area contributed by atoms with Crippen LogP contribution in [0.2, 0.25) is 0 Å². The van der Waals surface area contributed by atoms with Gasteiger partial charge in [0.25, 0.3) is 0 Å². The maximum atomic E-state index is 13.4. The van der Waals surface area contributed by atoms with Crippen LogP contribution >= 0.6 is 0 Å². The molecule has 29 heavy (non-hydrogen) atoms. The van der Waals surface area contributed by atoms with E-state index in [9.17, 15) is 4.79 Å². The number of carbonyl (C=O) groups is 1. The van der Waals surface area contributed by atoms with Crippen LogP contribution in [0.3, 0.4) is 0 Å². The molecule has 0 fully saturated rings. The first-order valence-electron chi connectivity index (χ1n) is 9.99. The van der Waals surface area contributed by atoms with Gasteiger partial charge in [0, 0.05) is 13.1 Å². The number of nitrogens with zero attached hydrogens (tertiary/aromatic N) is 4. The number of carbonyl (C=O) groups excluding carboxylic acids is 1. The lowest BCUT2D eigenvalue weighted by Crippen LogP contribution is -2.57. The molecule has 3 aromatic rings. The summed E-state index contributed by atoms with van der Waals surface area (Å²) in [5.41, 5.74) is 6.41. The lowest BCUT2D eigenvalue weighted by Gasteiger charge is -2.41. The van der Waals surface area contributed by atoms with Gasteiger partial charge in [-0.3, -0.25) is 9.80 Å². The van der Waals surface area contributed by atoms with E-state index in [0.717, 1.165) is 47.3 Å². The Balaban J connectivity index is 1.45. The van der Waals surface area contributed by atoms with Crippen LogP contribution < -0.4 is 14.8 Å². The molecule has 0 aliphatic carbocycles. The van der Waals surface area contributed by atoms with E-state index in [1.54, 1.807) is 0 Å². The number of fused-ring (bicyclic) bond motifs is 9. The topological polar surface area (TPSA) is 58.5 Å². The van der Waals surface area contributed by atoms with Crippen LogP contribution in [-0.4, -0.2) is 40.4 Å². The second kappa shape index (κ2) is 5.20. The Morgan fingerprint density at radius 2 is 1.72 bits per heavy atom. The number of aromatic amines is 1. The molecule has 7 heteroatoms. The van der Waals surface area contributed by atoms with Crippen molar-refractivity contribution in [3.63, 3.8) is 0 Å². The summed E-state index contributed by atoms with van der Waals surface area (Å²) >= 11 is 0. The number of rotatable bonds is 0. The molecule has 7 rings (SSSR count). The molecule has 142 valence electrons. The molecule has 0 spiro atoms. The van der Waals surface area contributed by atoms with Crippen LogP contribution in [0.15, 0.2) is 66.1 Å². The third kappa shape index (κ3) is 1.87. The van der Waals surface area contributed by atoms with Crippen molar-refractivity contribution in [3.8, 4) is 0 Å². The Morgan fingerprint density at radius 1 is 0.897 bits per heavy atom. The van der Waals surface area contributed by atoms with Crippen molar-refractivity contribution in [3.05, 3.63) is 71.9 Å². The van der Waals surface area contributed by atoms with Crippen molar-refractivity contribution < 1.29 is 9.36 Å². The number of hydrogen-bond donors (Lipinski definition) is 2. The number of nitrogens with one attached hydrogen (secondary N) is 2. The molecule has 2 N–H and O–H groups in total. The molecule has 5 heterocycles. The van der Waals surface area contributed by atoms with Crippen LogP contribution in [0.25, 0.3) is 16.7 Å². The molecule has 7 nitrogen and oxygen atoms in total. The Morgan fingerprint density at radius 3 is 2.69 bits per heavy atom. The van der Waals surface area contributed by atoms with Crippen LogP contribution in [-0.2, 0) is 6.54 Å². The minimum absolute atomic E-state index is 0.0623. The second-order valence-electron chi connectivity index (χ2n) is 7.79. The van der Waals surface area contributed by atoms with Gasteiger partial charge in [0.05, 0.1) is 23.6 Å². The molecule has 0 saturated carbocycles. The van der Waals surface area contributed by atoms with Gasteiger partial charge < -0.3 is 10.2 Å². The molecule has 4 aliphatic heterocycles. The number of para-hydroxylation sites is 4. The standard InChI is InChI=1S/C22H18N6O/c29-22-27-11-9-25-16-7-3-1-5-14(16)23-20(25)18(27)13-19-21-24-15-6-2-4-8-17(15)26(21)10-12-28(19)22/h1-8,13H,9-12H2,(H,23,24)/p+1. The van der Waals surface area contributed by atoms with Gasteiger partial charge >= 0.3 is 11.9 Å². The summed E-state index contributed by atoms with van der Waals surface area (Å²) in [6.07, 6.45) is 2.15. The molecule has 2 aromatic carbocycles. The molecule has 0 unspecified atom stereocenters. The Kier molecular flexibility index (Phi) is 2.73. The van der Waals surface area contributed by atoms with Crippen molar-refractivity contribution in [2.75, 3.05) is 29.9 Å². The van der Waals surface area contributed by atoms with Gasteiger partial charge in [0.2, 0.25) is 0 Å². The molecular formula is C22H19N6O+. The fraction of sp³-hybridized carbons (Fsp3) is 0.182. The molecule has 2 amide bonds. The van der Waals surface area contributed by atoms with Gasteiger partial charge in [0.1, 0.15) is 18.1 Å². The summed E-state index contributed by atoms with van der Waals surface area (Å²) in [4.78, 5) is 23.0. The number of hydrogen-bond acceptors (Lipinski definition) is 3. The summed E-state index contributed by atoms with van der Waals surface area (Å²) in [6, 6.07) is 16.7. The maximum Gasteiger partial charge on any atom is 0.329 e. The highest BCUT2D eigenvalue weighted by atomic mass is 16.2. The third-order valence-corrected chi connectivity index (χ3v) is 6.33. The number of urea groups is 1. The molecular weight excluding hydrogens is 364 g/mol. The highest BCUT2D eigenvalue weighted by molar-refractivity contribution is 5.93. The zero-order chi connectivity index (χ0) is 19.1. The Bertz CT molecular complexity index is 1290. The Labute approximate surface area is 167 Å². The van der Waals surface area contributed by atoms with E-state index in [1.807, 2.05) is 21.9 Å². The SMILES string of the molecule is O=C1N2CC[n+]3c([nH]c4ccccc43)C2=CC2=C3Nc4ccccc4N3CCN12. The number of amides is 2. The average Bonchev–Trinajstić information content (AvgIpc) is 3.32. The average molecular weight is 383 g/mol. The fourth-order valence-electron chi connectivity index (χ4n) is 4.99. The normalized spacial score (nSPS) is 19.4. The van der Waals surface area contributed by atoms with Gasteiger partial charge in [-0.15, -0.1) is 0 Å². The van der Waals surface area contributed by atoms with Crippen molar-refractivity contribution in [1.82, 2.24) is 14.8 Å². The van der Waals surface area contributed by atoms with Crippen molar-refractivity contribution >= 4 is 34.1 Å². The van der Waals surface area contributed by atoms with E-state index in [0.29, 0.717) is 13.1 Å². The number of anilines is 2. The van der Waals surface area contributed by atoms with Crippen molar-refractivity contribution in [1.29, 1.82) is 0 Å². The van der Waals surface area contributed by atoms with Crippen LogP contribution in [0.5, 0.6) is 0 Å². The Hall–Kier alpha value is -3.74. The lowest BCUT2D eigenvalue weighted by molar-refractivity contribution is -0.677. The summed E-state index contributed by atoms with van der Waals surface area (Å²) < 4.78 is 2.28. The van der Waals surface area contributed by atoms with E-state index >= 15 is 0 Å². The number of H-pyrrole nitrogens is 1. The quantitative estimate of drug-likeness (QED) is 0.587.